The van der Waals surface area contributed by atoms with Gasteiger partial charge < -0.3 is 9.88 Å². The second kappa shape index (κ2) is 5.63. The van der Waals surface area contributed by atoms with Crippen LogP contribution in [0.2, 0.25) is 0 Å². The van der Waals surface area contributed by atoms with E-state index in [1.165, 1.54) is 51.1 Å². The van der Waals surface area contributed by atoms with Crippen molar-refractivity contribution in [2.45, 2.75) is 45.7 Å². The molecule has 0 aromatic carbocycles. The highest BCUT2D eigenvalue weighted by atomic mass is 15.2. The van der Waals surface area contributed by atoms with Crippen molar-refractivity contribution < 1.29 is 0 Å². The quantitative estimate of drug-likeness (QED) is 0.879. The molecular formula is C15H26N4. The molecule has 19 heavy (non-hydrogen) atoms. The SMILES string of the molecule is CCNCC1(CN2CCn3ccnc3C2)CCCC1. The van der Waals surface area contributed by atoms with Crippen molar-refractivity contribution in [3.8, 4) is 0 Å². The van der Waals surface area contributed by atoms with Gasteiger partial charge in [-0.3, -0.25) is 4.90 Å². The average Bonchev–Trinajstić information content (AvgIpc) is 3.05. The van der Waals surface area contributed by atoms with Crippen LogP contribution >= 0.6 is 0 Å². The minimum atomic E-state index is 0.519. The summed E-state index contributed by atoms with van der Waals surface area (Å²) in [5, 5.41) is 3.59. The monoisotopic (exact) mass is 262 g/mol. The van der Waals surface area contributed by atoms with Crippen LogP contribution in [-0.4, -0.2) is 40.6 Å². The predicted octanol–water partition coefficient (Wildman–Crippen LogP) is 1.87. The van der Waals surface area contributed by atoms with Crippen LogP contribution in [-0.2, 0) is 13.1 Å². The van der Waals surface area contributed by atoms with E-state index in [-0.39, 0.29) is 0 Å². The van der Waals surface area contributed by atoms with Gasteiger partial charge in [0.1, 0.15) is 5.82 Å². The van der Waals surface area contributed by atoms with E-state index in [1.54, 1.807) is 0 Å². The molecule has 0 radical (unpaired) electrons. The van der Waals surface area contributed by atoms with Crippen LogP contribution in [0.25, 0.3) is 0 Å². The van der Waals surface area contributed by atoms with Gasteiger partial charge in [0.25, 0.3) is 0 Å². The van der Waals surface area contributed by atoms with Crippen LogP contribution in [0.1, 0.15) is 38.4 Å². The lowest BCUT2D eigenvalue weighted by Gasteiger charge is -2.37. The van der Waals surface area contributed by atoms with Crippen molar-refractivity contribution in [3.05, 3.63) is 18.2 Å². The van der Waals surface area contributed by atoms with Crippen molar-refractivity contribution >= 4 is 0 Å². The summed E-state index contributed by atoms with van der Waals surface area (Å²) in [7, 11) is 0. The van der Waals surface area contributed by atoms with Crippen molar-refractivity contribution in [1.82, 2.24) is 19.8 Å². The standard InChI is InChI=1S/C15H26N4/c1-2-16-12-15(5-3-4-6-15)13-18-9-10-19-8-7-17-14(19)11-18/h7-8,16H,2-6,9-13H2,1H3. The molecule has 0 atom stereocenters. The molecular weight excluding hydrogens is 236 g/mol. The maximum atomic E-state index is 4.47. The lowest BCUT2D eigenvalue weighted by molar-refractivity contribution is 0.122. The molecule has 2 heterocycles. The van der Waals surface area contributed by atoms with Crippen LogP contribution in [0.5, 0.6) is 0 Å². The largest absolute Gasteiger partial charge is 0.333 e. The van der Waals surface area contributed by atoms with Crippen LogP contribution in [0.3, 0.4) is 0 Å². The lowest BCUT2D eigenvalue weighted by atomic mass is 9.85. The first-order valence-electron chi connectivity index (χ1n) is 7.74. The zero-order chi connectivity index (χ0) is 13.1. The maximum absolute atomic E-state index is 4.47. The third-order valence-electron chi connectivity index (χ3n) is 4.80. The van der Waals surface area contributed by atoms with Crippen molar-refractivity contribution in [2.24, 2.45) is 5.41 Å². The van der Waals surface area contributed by atoms with E-state index >= 15 is 0 Å². The van der Waals surface area contributed by atoms with E-state index in [0.29, 0.717) is 5.41 Å². The van der Waals surface area contributed by atoms with Crippen molar-refractivity contribution in [3.63, 3.8) is 0 Å². The first-order valence-corrected chi connectivity index (χ1v) is 7.74. The first kappa shape index (κ1) is 13.1. The third-order valence-corrected chi connectivity index (χ3v) is 4.80. The second-order valence-corrected chi connectivity index (χ2v) is 6.23. The number of fused-ring (bicyclic) bond motifs is 1. The molecule has 0 saturated heterocycles. The number of hydrogen-bond acceptors (Lipinski definition) is 3. The van der Waals surface area contributed by atoms with Gasteiger partial charge in [0, 0.05) is 38.6 Å². The smallest absolute Gasteiger partial charge is 0.122 e. The normalized spacial score (nSPS) is 22.6. The summed E-state index contributed by atoms with van der Waals surface area (Å²) in [6.07, 6.45) is 9.65. The number of imidazole rings is 1. The van der Waals surface area contributed by atoms with Crippen LogP contribution in [0, 0.1) is 5.41 Å². The minimum Gasteiger partial charge on any atom is -0.333 e. The summed E-state index contributed by atoms with van der Waals surface area (Å²) < 4.78 is 2.29. The fourth-order valence-corrected chi connectivity index (χ4v) is 3.74. The van der Waals surface area contributed by atoms with Crippen LogP contribution in [0.4, 0.5) is 0 Å². The van der Waals surface area contributed by atoms with E-state index in [0.717, 1.165) is 19.6 Å². The molecule has 1 saturated carbocycles. The summed E-state index contributed by atoms with van der Waals surface area (Å²) >= 11 is 0. The summed E-state index contributed by atoms with van der Waals surface area (Å²) in [5.41, 5.74) is 0.519. The number of rotatable bonds is 5. The molecule has 0 spiro atoms. The molecule has 1 N–H and O–H groups in total. The van der Waals surface area contributed by atoms with Crippen molar-refractivity contribution in [1.29, 1.82) is 0 Å². The Hall–Kier alpha value is -0.870. The Kier molecular flexibility index (Phi) is 3.89. The Labute approximate surface area is 116 Å². The molecule has 3 rings (SSSR count). The zero-order valence-corrected chi connectivity index (χ0v) is 12.1. The summed E-state index contributed by atoms with van der Waals surface area (Å²) in [6, 6.07) is 0. The Bertz CT molecular complexity index is 406. The number of hydrogen-bond donors (Lipinski definition) is 1. The summed E-state index contributed by atoms with van der Waals surface area (Å²) in [4.78, 5) is 7.09. The molecule has 1 aliphatic heterocycles. The van der Waals surface area contributed by atoms with Gasteiger partial charge in [-0.25, -0.2) is 4.98 Å². The zero-order valence-electron chi connectivity index (χ0n) is 12.1. The molecule has 4 nitrogen and oxygen atoms in total. The predicted molar refractivity (Wildman–Crippen MR) is 76.9 cm³/mol. The van der Waals surface area contributed by atoms with Gasteiger partial charge in [-0.2, -0.15) is 0 Å². The van der Waals surface area contributed by atoms with Gasteiger partial charge >= 0.3 is 0 Å². The summed E-state index contributed by atoms with van der Waals surface area (Å²) in [6.45, 7) is 9.04. The van der Waals surface area contributed by atoms with Gasteiger partial charge in [-0.05, 0) is 24.8 Å². The number of aromatic nitrogens is 2. The topological polar surface area (TPSA) is 33.1 Å². The molecule has 2 aliphatic rings. The Morgan fingerprint density at radius 1 is 1.32 bits per heavy atom. The molecule has 0 bridgehead atoms. The van der Waals surface area contributed by atoms with E-state index in [9.17, 15) is 0 Å². The number of nitrogens with zero attached hydrogens (tertiary/aromatic N) is 3. The van der Waals surface area contributed by atoms with E-state index in [1.807, 2.05) is 6.20 Å². The Balaban J connectivity index is 1.63. The minimum absolute atomic E-state index is 0.519. The highest BCUT2D eigenvalue weighted by molar-refractivity contribution is 4.97. The second-order valence-electron chi connectivity index (χ2n) is 6.23. The molecule has 1 aromatic heterocycles. The Morgan fingerprint density at radius 2 is 2.16 bits per heavy atom. The van der Waals surface area contributed by atoms with Gasteiger partial charge in [-0.1, -0.05) is 19.8 Å². The molecule has 1 fully saturated rings. The van der Waals surface area contributed by atoms with Crippen molar-refractivity contribution in [2.75, 3.05) is 26.2 Å². The van der Waals surface area contributed by atoms with Gasteiger partial charge in [0.2, 0.25) is 0 Å². The van der Waals surface area contributed by atoms with E-state index in [4.69, 9.17) is 0 Å². The lowest BCUT2D eigenvalue weighted by Crippen LogP contribution is -2.45. The Morgan fingerprint density at radius 3 is 2.95 bits per heavy atom. The third kappa shape index (κ3) is 2.84. The van der Waals surface area contributed by atoms with E-state index < -0.39 is 0 Å². The molecule has 106 valence electrons. The van der Waals surface area contributed by atoms with Gasteiger partial charge in [0.05, 0.1) is 6.54 Å². The fraction of sp³-hybridized carbons (Fsp3) is 0.800. The summed E-state index contributed by atoms with van der Waals surface area (Å²) in [5.74, 6) is 1.24. The average molecular weight is 262 g/mol. The number of nitrogens with one attached hydrogen (secondary N) is 1. The molecule has 0 unspecified atom stereocenters. The molecule has 1 aliphatic carbocycles. The maximum Gasteiger partial charge on any atom is 0.122 e. The van der Waals surface area contributed by atoms with Gasteiger partial charge in [0.15, 0.2) is 0 Å². The molecule has 1 aromatic rings. The van der Waals surface area contributed by atoms with E-state index in [2.05, 4.69) is 32.9 Å². The van der Waals surface area contributed by atoms with Gasteiger partial charge in [-0.15, -0.1) is 0 Å². The highest BCUT2D eigenvalue weighted by Crippen LogP contribution is 2.38. The highest BCUT2D eigenvalue weighted by Gasteiger charge is 2.35. The van der Waals surface area contributed by atoms with Crippen LogP contribution in [0.15, 0.2) is 12.4 Å². The van der Waals surface area contributed by atoms with Crippen LogP contribution < -0.4 is 5.32 Å². The molecule has 4 heteroatoms. The fourth-order valence-electron chi connectivity index (χ4n) is 3.74. The first-order chi connectivity index (χ1) is 9.31. The molecule has 0 amide bonds.